The van der Waals surface area contributed by atoms with Crippen LogP contribution in [-0.2, 0) is 21.0 Å². The van der Waals surface area contributed by atoms with Gasteiger partial charge in [-0.05, 0) is 60.2 Å². The van der Waals surface area contributed by atoms with E-state index in [0.29, 0.717) is 21.5 Å². The molecule has 0 aliphatic rings. The van der Waals surface area contributed by atoms with Crippen LogP contribution in [0.5, 0.6) is 5.75 Å². The normalized spacial score (nSPS) is 11.8. The van der Waals surface area contributed by atoms with Crippen molar-refractivity contribution in [2.24, 2.45) is 5.10 Å². The number of ether oxygens (including phenoxy) is 1. The summed E-state index contributed by atoms with van der Waals surface area (Å²) in [6.45, 7) is -0.786. The maximum Gasteiger partial charge on any atom is 0.416 e. The van der Waals surface area contributed by atoms with Crippen LogP contribution >= 0.6 is 0 Å². The van der Waals surface area contributed by atoms with Gasteiger partial charge in [-0.2, -0.15) is 18.3 Å². The molecule has 0 heterocycles. The summed E-state index contributed by atoms with van der Waals surface area (Å²) in [4.78, 5) is 24.3. The molecule has 0 atom stereocenters. The highest BCUT2D eigenvalue weighted by Crippen LogP contribution is 2.32. The summed E-state index contributed by atoms with van der Waals surface area (Å²) in [6, 6.07) is 18.2. The van der Waals surface area contributed by atoms with Crippen LogP contribution in [0.2, 0.25) is 0 Å². The Morgan fingerprint density at radius 2 is 1.67 bits per heavy atom. The number of sulfonamides is 1. The second kappa shape index (κ2) is 11.0. The van der Waals surface area contributed by atoms with E-state index in [-0.39, 0.29) is 11.4 Å². The molecular weight excluding hydrogens is 499 g/mol. The van der Waals surface area contributed by atoms with Gasteiger partial charge in [0.1, 0.15) is 12.3 Å². The maximum absolute atomic E-state index is 13.0. The first-order valence-electron chi connectivity index (χ1n) is 10.3. The number of hydrogen-bond donors (Lipinski definition) is 1. The predicted octanol–water partition coefficient (Wildman–Crippen LogP) is 3.84. The monoisotopic (exact) mass is 519 g/mol. The zero-order valence-corrected chi connectivity index (χ0v) is 19.6. The van der Waals surface area contributed by atoms with E-state index in [4.69, 9.17) is 4.74 Å². The topological polar surface area (TPSA) is 105 Å². The van der Waals surface area contributed by atoms with Gasteiger partial charge in [-0.1, -0.05) is 24.3 Å². The Labute approximate surface area is 205 Å². The quantitative estimate of drug-likeness (QED) is 0.211. The number of carbonyl (C=O) groups excluding carboxylic acids is 2. The second-order valence-electron chi connectivity index (χ2n) is 7.44. The Morgan fingerprint density at radius 3 is 2.28 bits per heavy atom. The molecule has 0 bridgehead atoms. The molecule has 0 fully saturated rings. The summed E-state index contributed by atoms with van der Waals surface area (Å²) in [5, 5.41) is 3.73. The largest absolute Gasteiger partial charge is 0.423 e. The number of nitrogens with one attached hydrogen (secondary N) is 1. The zero-order chi connectivity index (χ0) is 26.3. The van der Waals surface area contributed by atoms with Crippen molar-refractivity contribution < 1.29 is 35.9 Å². The van der Waals surface area contributed by atoms with E-state index in [2.05, 4.69) is 10.5 Å². The van der Waals surface area contributed by atoms with E-state index < -0.39 is 40.2 Å². The Balaban J connectivity index is 1.61. The Bertz CT molecular complexity index is 1360. The average molecular weight is 520 g/mol. The highest BCUT2D eigenvalue weighted by molar-refractivity contribution is 7.92. The third-order valence-corrected chi connectivity index (χ3v) is 5.79. The van der Waals surface area contributed by atoms with Gasteiger partial charge in [-0.15, -0.1) is 0 Å². The zero-order valence-electron chi connectivity index (χ0n) is 18.8. The molecule has 0 saturated heterocycles. The van der Waals surface area contributed by atoms with E-state index in [0.717, 1.165) is 24.5 Å². The van der Waals surface area contributed by atoms with Gasteiger partial charge >= 0.3 is 12.1 Å². The molecule has 3 rings (SSSR count). The first-order chi connectivity index (χ1) is 16.9. The Hall–Kier alpha value is -4.19. The molecule has 8 nitrogen and oxygen atoms in total. The average Bonchev–Trinajstić information content (AvgIpc) is 2.83. The van der Waals surface area contributed by atoms with Crippen molar-refractivity contribution >= 4 is 33.8 Å². The van der Waals surface area contributed by atoms with Gasteiger partial charge in [-0.25, -0.2) is 18.6 Å². The molecule has 1 amide bonds. The molecule has 0 aromatic heterocycles. The minimum absolute atomic E-state index is 0.287. The van der Waals surface area contributed by atoms with Crippen molar-refractivity contribution in [3.8, 4) is 5.75 Å². The highest BCUT2D eigenvalue weighted by Gasteiger charge is 2.32. The number of halogens is 3. The number of anilines is 1. The van der Waals surface area contributed by atoms with Gasteiger partial charge in [-0.3, -0.25) is 9.10 Å². The number of carbonyl (C=O) groups is 2. The number of esters is 1. The number of hydrazone groups is 1. The van der Waals surface area contributed by atoms with Gasteiger partial charge in [0.05, 0.1) is 29.3 Å². The smallest absolute Gasteiger partial charge is 0.416 e. The van der Waals surface area contributed by atoms with Crippen molar-refractivity contribution in [3.05, 3.63) is 95.6 Å². The Kier molecular flexibility index (Phi) is 8.10. The van der Waals surface area contributed by atoms with Crippen LogP contribution in [0.1, 0.15) is 21.5 Å². The van der Waals surface area contributed by atoms with E-state index in [1.54, 1.807) is 42.5 Å². The maximum atomic E-state index is 13.0. The molecule has 0 unspecified atom stereocenters. The third kappa shape index (κ3) is 7.40. The molecule has 0 aliphatic heterocycles. The highest BCUT2D eigenvalue weighted by atomic mass is 32.2. The fraction of sp³-hybridized carbons (Fsp3) is 0.125. The van der Waals surface area contributed by atoms with Crippen LogP contribution in [0, 0.1) is 0 Å². The van der Waals surface area contributed by atoms with Crippen molar-refractivity contribution in [2.75, 3.05) is 17.1 Å². The van der Waals surface area contributed by atoms with Crippen molar-refractivity contribution in [1.29, 1.82) is 0 Å². The molecule has 188 valence electrons. The first-order valence-corrected chi connectivity index (χ1v) is 12.1. The summed E-state index contributed by atoms with van der Waals surface area (Å²) < 4.78 is 69.0. The second-order valence-corrected chi connectivity index (χ2v) is 9.34. The van der Waals surface area contributed by atoms with Gasteiger partial charge in [0, 0.05) is 0 Å². The van der Waals surface area contributed by atoms with Crippen molar-refractivity contribution in [3.63, 3.8) is 0 Å². The first kappa shape index (κ1) is 26.4. The lowest BCUT2D eigenvalue weighted by atomic mass is 10.2. The summed E-state index contributed by atoms with van der Waals surface area (Å²) in [5.74, 6) is -1.11. The summed E-state index contributed by atoms with van der Waals surface area (Å²) in [5.41, 5.74) is 1.68. The standard InChI is InChI=1S/C24H20F3N3O5S/c1-36(33,34)30(20-9-5-8-19(14-20)24(25,26)27)16-22(31)29-28-15-17-10-12-21(13-11-17)35-23(32)18-6-3-2-4-7-18/h2-15H,16H2,1H3,(H,29,31)/b28-15-. The van der Waals surface area contributed by atoms with Crippen LogP contribution in [0.15, 0.2) is 84.0 Å². The summed E-state index contributed by atoms with van der Waals surface area (Å²) >= 11 is 0. The van der Waals surface area contributed by atoms with Crippen LogP contribution in [0.4, 0.5) is 18.9 Å². The predicted molar refractivity (Wildman–Crippen MR) is 127 cm³/mol. The molecule has 0 aliphatic carbocycles. The van der Waals surface area contributed by atoms with E-state index in [9.17, 15) is 31.2 Å². The van der Waals surface area contributed by atoms with Crippen LogP contribution < -0.4 is 14.5 Å². The number of rotatable bonds is 8. The number of nitrogens with zero attached hydrogens (tertiary/aromatic N) is 2. The number of alkyl halides is 3. The molecule has 3 aromatic rings. The number of benzene rings is 3. The lowest BCUT2D eigenvalue weighted by Crippen LogP contribution is -2.39. The fourth-order valence-corrected chi connectivity index (χ4v) is 3.79. The van der Waals surface area contributed by atoms with Gasteiger partial charge in [0.25, 0.3) is 5.91 Å². The summed E-state index contributed by atoms with van der Waals surface area (Å²) in [6.07, 6.45) is -2.65. The Morgan fingerprint density at radius 1 is 1.00 bits per heavy atom. The van der Waals surface area contributed by atoms with Crippen LogP contribution in [-0.4, -0.2) is 39.3 Å². The molecule has 0 radical (unpaired) electrons. The van der Waals surface area contributed by atoms with E-state index >= 15 is 0 Å². The molecule has 0 saturated carbocycles. The summed E-state index contributed by atoms with van der Waals surface area (Å²) in [7, 11) is -4.08. The fourth-order valence-electron chi connectivity index (χ4n) is 2.94. The van der Waals surface area contributed by atoms with Crippen molar-refractivity contribution in [2.45, 2.75) is 6.18 Å². The van der Waals surface area contributed by atoms with Gasteiger partial charge in [0.15, 0.2) is 0 Å². The van der Waals surface area contributed by atoms with Crippen molar-refractivity contribution in [1.82, 2.24) is 5.43 Å². The molecule has 36 heavy (non-hydrogen) atoms. The van der Waals surface area contributed by atoms with E-state index in [1.807, 2.05) is 0 Å². The van der Waals surface area contributed by atoms with Gasteiger partial charge < -0.3 is 4.74 Å². The molecule has 12 heteroatoms. The van der Waals surface area contributed by atoms with Crippen LogP contribution in [0.25, 0.3) is 0 Å². The minimum Gasteiger partial charge on any atom is -0.423 e. The molecule has 1 N–H and O–H groups in total. The molecule has 0 spiro atoms. The number of amides is 1. The minimum atomic E-state index is -4.68. The molecular formula is C24H20F3N3O5S. The molecule has 3 aromatic carbocycles. The number of hydrogen-bond acceptors (Lipinski definition) is 6. The third-order valence-electron chi connectivity index (χ3n) is 4.65. The lowest BCUT2D eigenvalue weighted by Gasteiger charge is -2.22. The van der Waals surface area contributed by atoms with Crippen LogP contribution in [0.3, 0.4) is 0 Å². The lowest BCUT2D eigenvalue weighted by molar-refractivity contribution is -0.137. The van der Waals surface area contributed by atoms with Gasteiger partial charge in [0.2, 0.25) is 10.0 Å². The SMILES string of the molecule is CS(=O)(=O)N(CC(=O)N/N=C\c1ccc(OC(=O)c2ccccc2)cc1)c1cccc(C(F)(F)F)c1. The van der Waals surface area contributed by atoms with E-state index in [1.165, 1.54) is 18.3 Å².